The van der Waals surface area contributed by atoms with Crippen LogP contribution in [0, 0.1) is 11.8 Å². The number of halogens is 1. The van der Waals surface area contributed by atoms with Gasteiger partial charge in [-0.3, -0.25) is 0 Å². The fourth-order valence-electron chi connectivity index (χ4n) is 1.96. The van der Waals surface area contributed by atoms with E-state index in [-0.39, 0.29) is 6.61 Å². The van der Waals surface area contributed by atoms with Gasteiger partial charge >= 0.3 is 0 Å². The second kappa shape index (κ2) is 6.44. The number of hydrogen-bond donors (Lipinski definition) is 2. The minimum atomic E-state index is -0.837. The van der Waals surface area contributed by atoms with Crippen molar-refractivity contribution in [3.63, 3.8) is 0 Å². The monoisotopic (exact) mass is 348 g/mol. The van der Waals surface area contributed by atoms with Gasteiger partial charge in [-0.15, -0.1) is 0 Å². The average molecular weight is 349 g/mol. The maximum absolute atomic E-state index is 9.75. The van der Waals surface area contributed by atoms with E-state index in [4.69, 9.17) is 0 Å². The highest BCUT2D eigenvalue weighted by Gasteiger charge is 2.26. The second-order valence-corrected chi connectivity index (χ2v) is 5.94. The highest BCUT2D eigenvalue weighted by Crippen LogP contribution is 2.21. The average Bonchev–Trinajstić information content (AvgIpc) is 2.97. The second-order valence-electron chi connectivity index (χ2n) is 5.02. The number of nitrogens with zero attached hydrogens (tertiary/aromatic N) is 2. The van der Waals surface area contributed by atoms with Gasteiger partial charge in [-0.05, 0) is 38.1 Å². The summed E-state index contributed by atoms with van der Waals surface area (Å²) in [4.78, 5) is 4.12. The molecule has 0 aliphatic heterocycles. The Bertz CT molecular complexity index is 668. The lowest BCUT2D eigenvalue weighted by Crippen LogP contribution is -2.34. The topological polar surface area (TPSA) is 58.3 Å². The normalized spacial score (nSPS) is 14.9. The summed E-state index contributed by atoms with van der Waals surface area (Å²) in [6.07, 6.45) is 2.59. The van der Waals surface area contributed by atoms with Crippen LogP contribution in [0.5, 0.6) is 0 Å². The Labute approximate surface area is 132 Å². The number of aliphatic hydroxyl groups is 2. The van der Waals surface area contributed by atoms with Crippen molar-refractivity contribution in [2.45, 2.75) is 25.5 Å². The summed E-state index contributed by atoms with van der Waals surface area (Å²) in [5.74, 6) is 6.62. The van der Waals surface area contributed by atoms with E-state index in [1.54, 1.807) is 23.9 Å². The number of hydrogen-bond acceptors (Lipinski definition) is 3. The molecule has 0 unspecified atom stereocenters. The lowest BCUT2D eigenvalue weighted by atomic mass is 10.0. The van der Waals surface area contributed by atoms with Gasteiger partial charge in [-0.1, -0.05) is 27.8 Å². The van der Waals surface area contributed by atoms with E-state index >= 15 is 0 Å². The van der Waals surface area contributed by atoms with E-state index < -0.39 is 11.6 Å². The molecule has 1 heterocycles. The van der Waals surface area contributed by atoms with Crippen LogP contribution in [0.25, 0.3) is 0 Å². The zero-order valence-electron chi connectivity index (χ0n) is 11.9. The molecule has 0 bridgehead atoms. The van der Waals surface area contributed by atoms with Crippen molar-refractivity contribution >= 4 is 15.9 Å². The molecule has 1 aromatic heterocycles. The van der Waals surface area contributed by atoms with Crippen molar-refractivity contribution in [3.05, 3.63) is 52.5 Å². The van der Waals surface area contributed by atoms with Crippen LogP contribution in [-0.2, 0) is 5.54 Å². The largest absolute Gasteiger partial charge is 0.393 e. The quantitative estimate of drug-likeness (QED) is 0.837. The first-order valence-electron chi connectivity index (χ1n) is 6.57. The van der Waals surface area contributed by atoms with Crippen LogP contribution >= 0.6 is 15.9 Å². The lowest BCUT2D eigenvalue weighted by molar-refractivity contribution is 0.154. The zero-order valence-corrected chi connectivity index (χ0v) is 13.5. The van der Waals surface area contributed by atoms with Crippen LogP contribution in [0.15, 0.2) is 41.1 Å². The van der Waals surface area contributed by atoms with Gasteiger partial charge in [-0.2, -0.15) is 0 Å². The van der Waals surface area contributed by atoms with Gasteiger partial charge in [0.15, 0.2) is 0 Å². The number of rotatable bonds is 3. The molecule has 21 heavy (non-hydrogen) atoms. The van der Waals surface area contributed by atoms with Crippen molar-refractivity contribution in [2.75, 3.05) is 6.61 Å². The smallest absolute Gasteiger partial charge is 0.138 e. The maximum atomic E-state index is 9.75. The Kier molecular flexibility index (Phi) is 4.84. The third kappa shape index (κ3) is 3.53. The van der Waals surface area contributed by atoms with Crippen LogP contribution in [0.4, 0.5) is 0 Å². The summed E-state index contributed by atoms with van der Waals surface area (Å²) in [6.45, 7) is 3.28. The van der Waals surface area contributed by atoms with Gasteiger partial charge in [-0.25, -0.2) is 4.98 Å². The molecular weight excluding hydrogens is 332 g/mol. The molecule has 110 valence electrons. The molecule has 2 atom stereocenters. The molecule has 2 N–H and O–H groups in total. The molecule has 0 saturated heterocycles. The molecule has 5 heteroatoms. The Balaban J connectivity index is 2.38. The number of aromatic nitrogens is 2. The van der Waals surface area contributed by atoms with Gasteiger partial charge in [0.2, 0.25) is 0 Å². The molecule has 1 aromatic carbocycles. The van der Waals surface area contributed by atoms with Gasteiger partial charge < -0.3 is 14.8 Å². The van der Waals surface area contributed by atoms with E-state index in [1.807, 2.05) is 31.2 Å². The fourth-order valence-corrected chi connectivity index (χ4v) is 2.22. The summed E-state index contributed by atoms with van der Waals surface area (Å²) in [7, 11) is 0. The predicted octanol–water partition coefficient (Wildman–Crippen LogP) is 2.46. The van der Waals surface area contributed by atoms with E-state index in [1.165, 1.54) is 0 Å². The summed E-state index contributed by atoms with van der Waals surface area (Å²) in [5, 5.41) is 19.5. The van der Waals surface area contributed by atoms with Crippen molar-refractivity contribution in [1.82, 2.24) is 9.55 Å². The molecule has 0 fully saturated rings. The zero-order chi connectivity index (χ0) is 15.5. The molecule has 0 aliphatic rings. The van der Waals surface area contributed by atoms with Crippen LogP contribution in [-0.4, -0.2) is 26.4 Å². The molecule has 4 nitrogen and oxygen atoms in total. The molecule has 0 aliphatic carbocycles. The summed E-state index contributed by atoms with van der Waals surface area (Å²) >= 11 is 3.38. The molecule has 2 rings (SSSR count). The minimum Gasteiger partial charge on any atom is -0.393 e. The Morgan fingerprint density at radius 2 is 2.05 bits per heavy atom. The van der Waals surface area contributed by atoms with Crippen molar-refractivity contribution < 1.29 is 10.2 Å². The van der Waals surface area contributed by atoms with Gasteiger partial charge in [0, 0.05) is 22.4 Å². The third-order valence-corrected chi connectivity index (χ3v) is 3.73. The number of benzene rings is 1. The van der Waals surface area contributed by atoms with Gasteiger partial charge in [0.1, 0.15) is 17.5 Å². The number of imidazole rings is 1. The summed E-state index contributed by atoms with van der Waals surface area (Å²) in [6, 6.07) is 7.63. The first-order valence-corrected chi connectivity index (χ1v) is 7.37. The Hall–Kier alpha value is -1.61. The standard InChI is InChI=1S/C16H17BrN2O2/c1-12(21)15-18-9-10-19(15)16(2,11-20)8-7-13-3-5-14(17)6-4-13/h3-6,9-10,12,20-21H,11H2,1-2H3/t12-,16+/m0/s1. The predicted molar refractivity (Wildman–Crippen MR) is 84.6 cm³/mol. The SMILES string of the molecule is C[C@H](O)c1nccn1[C@](C)(C#Cc1ccc(Br)cc1)CO. The van der Waals surface area contributed by atoms with E-state index in [9.17, 15) is 10.2 Å². The minimum absolute atomic E-state index is 0.174. The molecule has 0 spiro atoms. The highest BCUT2D eigenvalue weighted by molar-refractivity contribution is 9.10. The molecule has 0 amide bonds. The molecule has 2 aromatic rings. The summed E-state index contributed by atoms with van der Waals surface area (Å²) in [5.41, 5.74) is 0.0205. The first kappa shape index (κ1) is 15.8. The van der Waals surface area contributed by atoms with E-state index in [0.29, 0.717) is 5.82 Å². The van der Waals surface area contributed by atoms with Crippen LogP contribution in [0.2, 0.25) is 0 Å². The van der Waals surface area contributed by atoms with E-state index in [0.717, 1.165) is 10.0 Å². The third-order valence-electron chi connectivity index (χ3n) is 3.20. The molecular formula is C16H17BrN2O2. The van der Waals surface area contributed by atoms with E-state index in [2.05, 4.69) is 32.8 Å². The Morgan fingerprint density at radius 1 is 1.38 bits per heavy atom. The fraction of sp³-hybridized carbons (Fsp3) is 0.312. The van der Waals surface area contributed by atoms with Gasteiger partial charge in [0.05, 0.1) is 6.61 Å². The van der Waals surface area contributed by atoms with Crippen molar-refractivity contribution in [3.8, 4) is 11.8 Å². The van der Waals surface area contributed by atoms with Crippen molar-refractivity contribution in [1.29, 1.82) is 0 Å². The van der Waals surface area contributed by atoms with Crippen LogP contribution < -0.4 is 0 Å². The maximum Gasteiger partial charge on any atom is 0.138 e. The Morgan fingerprint density at radius 3 is 2.62 bits per heavy atom. The first-order chi connectivity index (χ1) is 9.96. The van der Waals surface area contributed by atoms with Gasteiger partial charge in [0.25, 0.3) is 0 Å². The molecule has 0 saturated carbocycles. The lowest BCUT2D eigenvalue weighted by Gasteiger charge is -2.25. The van der Waals surface area contributed by atoms with Crippen LogP contribution in [0.1, 0.15) is 31.3 Å². The highest BCUT2D eigenvalue weighted by atomic mass is 79.9. The summed E-state index contributed by atoms with van der Waals surface area (Å²) < 4.78 is 2.70. The van der Waals surface area contributed by atoms with Crippen LogP contribution in [0.3, 0.4) is 0 Å². The number of aliphatic hydroxyl groups excluding tert-OH is 2. The van der Waals surface area contributed by atoms with Crippen molar-refractivity contribution in [2.24, 2.45) is 0 Å². The molecule has 0 radical (unpaired) electrons.